The minimum atomic E-state index is -0.971. The van der Waals surface area contributed by atoms with E-state index in [4.69, 9.17) is 10.7 Å². The van der Waals surface area contributed by atoms with Crippen LogP contribution in [-0.2, 0) is 11.2 Å². The quantitative estimate of drug-likeness (QED) is 0.552. The Morgan fingerprint density at radius 1 is 1.03 bits per heavy atom. The molecule has 0 bridgehead atoms. The lowest BCUT2D eigenvalue weighted by atomic mass is 9.86. The van der Waals surface area contributed by atoms with Crippen LogP contribution in [0.1, 0.15) is 49.3 Å². The van der Waals surface area contributed by atoms with Gasteiger partial charge >= 0.3 is 0 Å². The maximum absolute atomic E-state index is 13.5. The van der Waals surface area contributed by atoms with Gasteiger partial charge < -0.3 is 11.1 Å². The van der Waals surface area contributed by atoms with Crippen LogP contribution in [0.2, 0.25) is 0 Å². The van der Waals surface area contributed by atoms with E-state index in [1.165, 1.54) is 12.5 Å². The third-order valence-electron chi connectivity index (χ3n) is 5.60. The number of aromatic nitrogens is 2. The maximum Gasteiger partial charge on any atom is 0.229 e. The number of rotatable bonds is 5. The van der Waals surface area contributed by atoms with Gasteiger partial charge in [-0.25, -0.2) is 18.7 Å². The summed E-state index contributed by atoms with van der Waals surface area (Å²) in [5, 5.41) is 2.83. The van der Waals surface area contributed by atoms with Crippen molar-refractivity contribution in [3.8, 4) is 11.3 Å². The van der Waals surface area contributed by atoms with Crippen LogP contribution in [0, 0.1) is 11.6 Å². The van der Waals surface area contributed by atoms with Crippen LogP contribution in [0.4, 0.5) is 20.3 Å². The van der Waals surface area contributed by atoms with E-state index in [1.807, 2.05) is 24.3 Å². The van der Waals surface area contributed by atoms with Gasteiger partial charge in [0, 0.05) is 17.2 Å². The predicted octanol–water partition coefficient (Wildman–Crippen LogP) is 5.23. The molecule has 0 spiro atoms. The van der Waals surface area contributed by atoms with Crippen LogP contribution >= 0.6 is 0 Å². The second kappa shape index (κ2) is 9.20. The topological polar surface area (TPSA) is 80.9 Å². The zero-order chi connectivity index (χ0) is 21.8. The predicted molar refractivity (Wildman–Crippen MR) is 116 cm³/mol. The Labute approximate surface area is 179 Å². The lowest BCUT2D eigenvalue weighted by Gasteiger charge is -2.23. The Bertz CT molecular complexity index is 1080. The molecular weight excluding hydrogens is 398 g/mol. The largest absolute Gasteiger partial charge is 0.399 e. The van der Waals surface area contributed by atoms with Gasteiger partial charge in [0.2, 0.25) is 5.91 Å². The maximum atomic E-state index is 13.5. The Balaban J connectivity index is 1.59. The Morgan fingerprint density at radius 2 is 1.77 bits per heavy atom. The second-order valence-corrected chi connectivity index (χ2v) is 7.92. The summed E-state index contributed by atoms with van der Waals surface area (Å²) in [5.74, 6) is -1.61. The smallest absolute Gasteiger partial charge is 0.229 e. The monoisotopic (exact) mass is 422 g/mol. The van der Waals surface area contributed by atoms with Crippen molar-refractivity contribution in [2.75, 3.05) is 11.1 Å². The molecule has 1 fully saturated rings. The number of hydrogen-bond acceptors (Lipinski definition) is 4. The molecule has 2 aromatic carbocycles. The fourth-order valence-electron chi connectivity index (χ4n) is 3.96. The third-order valence-corrected chi connectivity index (χ3v) is 5.60. The molecule has 1 aromatic heterocycles. The number of nitrogens with zero attached hydrogens (tertiary/aromatic N) is 2. The number of halogens is 2. The highest BCUT2D eigenvalue weighted by molar-refractivity contribution is 5.92. The summed E-state index contributed by atoms with van der Waals surface area (Å²) in [4.78, 5) is 22.0. The molecule has 0 radical (unpaired) electrons. The van der Waals surface area contributed by atoms with E-state index >= 15 is 0 Å². The average molecular weight is 422 g/mol. The van der Waals surface area contributed by atoms with Crippen molar-refractivity contribution >= 4 is 17.4 Å². The molecule has 4 rings (SSSR count). The molecule has 5 nitrogen and oxygen atoms in total. The van der Waals surface area contributed by atoms with Crippen LogP contribution in [-0.4, -0.2) is 15.9 Å². The number of amides is 1. The Hall–Kier alpha value is -3.35. The summed E-state index contributed by atoms with van der Waals surface area (Å²) < 4.78 is 26.6. The SMILES string of the molecule is Nc1ccc(-c2cnc(NC(=O)Cc3ccc(F)c(F)c3)c(C3CCCCC3)n2)cc1. The van der Waals surface area contributed by atoms with Crippen molar-refractivity contribution < 1.29 is 13.6 Å². The van der Waals surface area contributed by atoms with Gasteiger partial charge in [-0.15, -0.1) is 0 Å². The number of carbonyl (C=O) groups is 1. The summed E-state index contributed by atoms with van der Waals surface area (Å²) in [7, 11) is 0. The van der Waals surface area contributed by atoms with Gasteiger partial charge in [0.25, 0.3) is 0 Å². The van der Waals surface area contributed by atoms with E-state index in [2.05, 4.69) is 10.3 Å². The molecule has 0 saturated heterocycles. The van der Waals surface area contributed by atoms with Crippen LogP contribution in [0.3, 0.4) is 0 Å². The number of hydrogen-bond donors (Lipinski definition) is 2. The van der Waals surface area contributed by atoms with Gasteiger partial charge in [-0.2, -0.15) is 0 Å². The van der Waals surface area contributed by atoms with Gasteiger partial charge in [-0.05, 0) is 42.7 Å². The molecule has 0 unspecified atom stereocenters. The van der Waals surface area contributed by atoms with E-state index in [9.17, 15) is 13.6 Å². The van der Waals surface area contributed by atoms with Gasteiger partial charge in [-0.3, -0.25) is 4.79 Å². The average Bonchev–Trinajstić information content (AvgIpc) is 2.78. The fraction of sp³-hybridized carbons (Fsp3) is 0.292. The summed E-state index contributed by atoms with van der Waals surface area (Å²) in [6.07, 6.45) is 6.95. The van der Waals surface area contributed by atoms with E-state index in [-0.39, 0.29) is 18.2 Å². The van der Waals surface area contributed by atoms with Crippen molar-refractivity contribution in [1.29, 1.82) is 0 Å². The minimum Gasteiger partial charge on any atom is -0.399 e. The van der Waals surface area contributed by atoms with Gasteiger partial charge in [0.15, 0.2) is 17.5 Å². The van der Waals surface area contributed by atoms with E-state index in [1.54, 1.807) is 6.20 Å². The van der Waals surface area contributed by atoms with Crippen molar-refractivity contribution in [1.82, 2.24) is 9.97 Å². The Morgan fingerprint density at radius 3 is 2.48 bits per heavy atom. The Kier molecular flexibility index (Phi) is 6.21. The number of anilines is 2. The molecule has 7 heteroatoms. The van der Waals surface area contributed by atoms with Crippen molar-refractivity contribution in [3.63, 3.8) is 0 Å². The highest BCUT2D eigenvalue weighted by atomic mass is 19.2. The lowest BCUT2D eigenvalue weighted by molar-refractivity contribution is -0.115. The van der Waals surface area contributed by atoms with Gasteiger partial charge in [0.05, 0.1) is 24.0 Å². The number of nitrogen functional groups attached to an aromatic ring is 1. The summed E-state index contributed by atoms with van der Waals surface area (Å²) in [6, 6.07) is 10.9. The van der Waals surface area contributed by atoms with Gasteiger partial charge in [0.1, 0.15) is 0 Å². The number of nitrogens with two attached hydrogens (primary N) is 1. The molecule has 0 atom stereocenters. The molecule has 1 aliphatic rings. The zero-order valence-electron chi connectivity index (χ0n) is 17.1. The normalized spacial score (nSPS) is 14.4. The van der Waals surface area contributed by atoms with Crippen LogP contribution < -0.4 is 11.1 Å². The van der Waals surface area contributed by atoms with Crippen LogP contribution in [0.25, 0.3) is 11.3 Å². The molecule has 0 aliphatic heterocycles. The van der Waals surface area contributed by atoms with E-state index < -0.39 is 11.6 Å². The first kappa shape index (κ1) is 20.9. The van der Waals surface area contributed by atoms with Gasteiger partial charge in [-0.1, -0.05) is 37.5 Å². The molecule has 3 N–H and O–H groups in total. The highest BCUT2D eigenvalue weighted by Crippen LogP contribution is 2.35. The molecule has 160 valence electrons. The molecule has 1 heterocycles. The van der Waals surface area contributed by atoms with E-state index in [0.29, 0.717) is 17.1 Å². The first-order valence-electron chi connectivity index (χ1n) is 10.5. The molecule has 1 aliphatic carbocycles. The highest BCUT2D eigenvalue weighted by Gasteiger charge is 2.23. The summed E-state index contributed by atoms with van der Waals surface area (Å²) in [6.45, 7) is 0. The molecule has 31 heavy (non-hydrogen) atoms. The summed E-state index contributed by atoms with van der Waals surface area (Å²) in [5.41, 5.74) is 9.24. The third kappa shape index (κ3) is 5.05. The molecule has 1 amide bonds. The van der Waals surface area contributed by atoms with Crippen molar-refractivity contribution in [2.45, 2.75) is 44.4 Å². The molecular formula is C24H24F2N4O. The fourth-order valence-corrected chi connectivity index (χ4v) is 3.96. The zero-order valence-corrected chi connectivity index (χ0v) is 17.1. The number of carbonyl (C=O) groups excluding carboxylic acids is 1. The van der Waals surface area contributed by atoms with Crippen LogP contribution in [0.15, 0.2) is 48.7 Å². The van der Waals surface area contributed by atoms with Crippen molar-refractivity contribution in [3.05, 3.63) is 71.6 Å². The van der Waals surface area contributed by atoms with E-state index in [0.717, 1.165) is 54.8 Å². The minimum absolute atomic E-state index is 0.0807. The second-order valence-electron chi connectivity index (χ2n) is 7.92. The molecule has 3 aromatic rings. The number of nitrogens with one attached hydrogen (secondary N) is 1. The summed E-state index contributed by atoms with van der Waals surface area (Å²) >= 11 is 0. The lowest BCUT2D eigenvalue weighted by Crippen LogP contribution is -2.19. The number of benzene rings is 2. The first-order chi connectivity index (χ1) is 15.0. The first-order valence-corrected chi connectivity index (χ1v) is 10.5. The molecule has 1 saturated carbocycles. The standard InChI is InChI=1S/C24H24F2N4O/c25-19-11-6-15(12-20(19)26)13-22(31)30-24-23(17-4-2-1-3-5-17)29-21(14-28-24)16-7-9-18(27)10-8-16/h6-12,14,17H,1-5,13,27H2,(H,28,30,31). The van der Waals surface area contributed by atoms with Crippen molar-refractivity contribution in [2.24, 2.45) is 0 Å². The van der Waals surface area contributed by atoms with Crippen LogP contribution in [0.5, 0.6) is 0 Å².